The van der Waals surface area contributed by atoms with Gasteiger partial charge in [-0.25, -0.2) is 14.6 Å². The lowest BCUT2D eigenvalue weighted by Crippen LogP contribution is -2.41. The van der Waals surface area contributed by atoms with Crippen molar-refractivity contribution in [3.63, 3.8) is 0 Å². The van der Waals surface area contributed by atoms with Gasteiger partial charge < -0.3 is 19.9 Å². The average Bonchev–Trinajstić information content (AvgIpc) is 3.23. The molecule has 2 aromatic carbocycles. The van der Waals surface area contributed by atoms with Gasteiger partial charge in [0.2, 0.25) is 0 Å². The Morgan fingerprint density at radius 2 is 2.03 bits per heavy atom. The SMILES string of the molecule is CCOC(=O)/C=C/c1ccc(NC(=O)N2CCC[C@@H](c3nc4ccccc4[nH]3)C2)cc1. The van der Waals surface area contributed by atoms with Crippen LogP contribution in [0.15, 0.2) is 54.6 Å². The number of benzene rings is 2. The number of aromatic amines is 1. The zero-order chi connectivity index (χ0) is 21.6. The molecule has 4 rings (SSSR count). The number of fused-ring (bicyclic) bond motifs is 1. The highest BCUT2D eigenvalue weighted by atomic mass is 16.5. The minimum Gasteiger partial charge on any atom is -0.463 e. The van der Waals surface area contributed by atoms with Crippen LogP contribution in [0.1, 0.15) is 37.1 Å². The molecular formula is C24H26N4O3. The lowest BCUT2D eigenvalue weighted by atomic mass is 9.97. The van der Waals surface area contributed by atoms with Crippen LogP contribution in [0.5, 0.6) is 0 Å². The molecule has 2 heterocycles. The first kappa shape index (κ1) is 20.7. The number of amides is 2. The van der Waals surface area contributed by atoms with Crippen molar-refractivity contribution in [3.8, 4) is 0 Å². The number of esters is 1. The molecule has 31 heavy (non-hydrogen) atoms. The molecule has 0 spiro atoms. The molecule has 1 fully saturated rings. The fraction of sp³-hybridized carbons (Fsp3) is 0.292. The van der Waals surface area contributed by atoms with Crippen molar-refractivity contribution >= 4 is 34.8 Å². The Hall–Kier alpha value is -3.61. The zero-order valence-corrected chi connectivity index (χ0v) is 17.5. The summed E-state index contributed by atoms with van der Waals surface area (Å²) < 4.78 is 4.87. The van der Waals surface area contributed by atoms with Crippen LogP contribution in [0.3, 0.4) is 0 Å². The van der Waals surface area contributed by atoms with E-state index in [1.54, 1.807) is 13.0 Å². The smallest absolute Gasteiger partial charge is 0.330 e. The van der Waals surface area contributed by atoms with Gasteiger partial charge in [-0.2, -0.15) is 0 Å². The summed E-state index contributed by atoms with van der Waals surface area (Å²) in [5, 5.41) is 2.96. The number of rotatable bonds is 5. The summed E-state index contributed by atoms with van der Waals surface area (Å²) in [4.78, 5) is 34.2. The van der Waals surface area contributed by atoms with Gasteiger partial charge >= 0.3 is 12.0 Å². The first-order valence-electron chi connectivity index (χ1n) is 10.6. The average molecular weight is 418 g/mol. The number of aromatic nitrogens is 2. The van der Waals surface area contributed by atoms with Gasteiger partial charge in [0, 0.05) is 30.8 Å². The van der Waals surface area contributed by atoms with Gasteiger partial charge in [-0.1, -0.05) is 24.3 Å². The Labute approximate surface area is 181 Å². The molecule has 3 aromatic rings. The van der Waals surface area contributed by atoms with Gasteiger partial charge in [0.1, 0.15) is 5.82 Å². The third kappa shape index (κ3) is 5.12. The number of nitrogens with zero attached hydrogens (tertiary/aromatic N) is 2. The van der Waals surface area contributed by atoms with Crippen molar-refractivity contribution in [1.82, 2.24) is 14.9 Å². The summed E-state index contributed by atoms with van der Waals surface area (Å²) in [6.07, 6.45) is 5.02. The maximum absolute atomic E-state index is 12.8. The Kier molecular flexibility index (Phi) is 6.31. The van der Waals surface area contributed by atoms with E-state index in [9.17, 15) is 9.59 Å². The molecule has 1 aromatic heterocycles. The summed E-state index contributed by atoms with van der Waals surface area (Å²) in [6.45, 7) is 3.47. The predicted molar refractivity (Wildman–Crippen MR) is 121 cm³/mol. The number of nitrogens with one attached hydrogen (secondary N) is 2. The summed E-state index contributed by atoms with van der Waals surface area (Å²) >= 11 is 0. The Bertz CT molecular complexity index is 1050. The second kappa shape index (κ2) is 9.47. The molecule has 7 heteroatoms. The Balaban J connectivity index is 1.36. The third-order valence-electron chi connectivity index (χ3n) is 5.36. The van der Waals surface area contributed by atoms with E-state index < -0.39 is 0 Å². The number of carbonyl (C=O) groups excluding carboxylic acids is 2. The Morgan fingerprint density at radius 3 is 2.81 bits per heavy atom. The molecule has 1 atom stereocenters. The van der Waals surface area contributed by atoms with E-state index in [2.05, 4.69) is 10.3 Å². The van der Waals surface area contributed by atoms with E-state index in [4.69, 9.17) is 9.72 Å². The second-order valence-corrected chi connectivity index (χ2v) is 7.56. The molecule has 0 bridgehead atoms. The number of anilines is 1. The topological polar surface area (TPSA) is 87.3 Å². The molecule has 0 unspecified atom stereocenters. The van der Waals surface area contributed by atoms with Crippen LogP contribution in [-0.4, -0.2) is 46.6 Å². The van der Waals surface area contributed by atoms with Gasteiger partial charge in [0.15, 0.2) is 0 Å². The van der Waals surface area contributed by atoms with E-state index in [1.165, 1.54) is 6.08 Å². The van der Waals surface area contributed by atoms with E-state index in [0.717, 1.165) is 41.8 Å². The highest BCUT2D eigenvalue weighted by Crippen LogP contribution is 2.27. The molecule has 0 aliphatic carbocycles. The normalized spacial score (nSPS) is 16.5. The molecule has 7 nitrogen and oxygen atoms in total. The lowest BCUT2D eigenvalue weighted by Gasteiger charge is -2.31. The number of piperidine rings is 1. The number of hydrogen-bond acceptors (Lipinski definition) is 4. The van der Waals surface area contributed by atoms with Crippen molar-refractivity contribution in [2.24, 2.45) is 0 Å². The van der Waals surface area contributed by atoms with E-state index in [-0.39, 0.29) is 17.9 Å². The van der Waals surface area contributed by atoms with Crippen LogP contribution >= 0.6 is 0 Å². The van der Waals surface area contributed by atoms with Gasteiger partial charge in [-0.05, 0) is 55.7 Å². The van der Waals surface area contributed by atoms with Crippen molar-refractivity contribution in [3.05, 3.63) is 66.0 Å². The first-order valence-corrected chi connectivity index (χ1v) is 10.6. The maximum Gasteiger partial charge on any atom is 0.330 e. The molecule has 0 saturated carbocycles. The van der Waals surface area contributed by atoms with Crippen molar-refractivity contribution in [1.29, 1.82) is 0 Å². The third-order valence-corrected chi connectivity index (χ3v) is 5.36. The highest BCUT2D eigenvalue weighted by Gasteiger charge is 2.26. The van der Waals surface area contributed by atoms with Crippen molar-refractivity contribution in [2.45, 2.75) is 25.7 Å². The van der Waals surface area contributed by atoms with Crippen LogP contribution in [0, 0.1) is 0 Å². The minimum atomic E-state index is -0.371. The zero-order valence-electron chi connectivity index (χ0n) is 17.5. The number of urea groups is 1. The maximum atomic E-state index is 12.8. The quantitative estimate of drug-likeness (QED) is 0.470. The number of ether oxygens (including phenoxy) is 1. The van der Waals surface area contributed by atoms with Crippen LogP contribution in [0.4, 0.5) is 10.5 Å². The fourth-order valence-electron chi connectivity index (χ4n) is 3.79. The van der Waals surface area contributed by atoms with Gasteiger partial charge in [-0.3, -0.25) is 0 Å². The number of para-hydroxylation sites is 2. The molecule has 2 N–H and O–H groups in total. The number of imidazole rings is 1. The summed E-state index contributed by atoms with van der Waals surface area (Å²) in [6, 6.07) is 15.2. The van der Waals surface area contributed by atoms with E-state index >= 15 is 0 Å². The van der Waals surface area contributed by atoms with Crippen LogP contribution in [-0.2, 0) is 9.53 Å². The standard InChI is InChI=1S/C24H26N4O3/c1-2-31-22(29)14-11-17-9-12-19(13-10-17)25-24(30)28-15-5-6-18(16-28)23-26-20-7-3-4-8-21(20)27-23/h3-4,7-14,18H,2,5-6,15-16H2,1H3,(H,25,30)(H,26,27)/b14-11+/t18-/m1/s1. The molecule has 2 amide bonds. The van der Waals surface area contributed by atoms with Gasteiger partial charge in [-0.15, -0.1) is 0 Å². The van der Waals surface area contributed by atoms with Crippen LogP contribution in [0.25, 0.3) is 17.1 Å². The van der Waals surface area contributed by atoms with Crippen LogP contribution < -0.4 is 5.32 Å². The summed E-state index contributed by atoms with van der Waals surface area (Å²) in [5.41, 5.74) is 3.55. The van der Waals surface area contributed by atoms with E-state index in [0.29, 0.717) is 18.8 Å². The monoisotopic (exact) mass is 418 g/mol. The Morgan fingerprint density at radius 1 is 1.23 bits per heavy atom. The van der Waals surface area contributed by atoms with Gasteiger partial charge in [0.05, 0.1) is 17.6 Å². The summed E-state index contributed by atoms with van der Waals surface area (Å²) in [7, 11) is 0. The second-order valence-electron chi connectivity index (χ2n) is 7.56. The highest BCUT2D eigenvalue weighted by molar-refractivity contribution is 5.90. The van der Waals surface area contributed by atoms with Crippen molar-refractivity contribution in [2.75, 3.05) is 25.0 Å². The number of carbonyl (C=O) groups is 2. The molecule has 1 saturated heterocycles. The summed E-state index contributed by atoms with van der Waals surface area (Å²) in [5.74, 6) is 0.766. The van der Waals surface area contributed by atoms with Crippen molar-refractivity contribution < 1.29 is 14.3 Å². The van der Waals surface area contributed by atoms with Gasteiger partial charge in [0.25, 0.3) is 0 Å². The number of hydrogen-bond donors (Lipinski definition) is 2. The molecule has 1 aliphatic heterocycles. The first-order chi connectivity index (χ1) is 15.1. The largest absolute Gasteiger partial charge is 0.463 e. The molecule has 1 aliphatic rings. The van der Waals surface area contributed by atoms with E-state index in [1.807, 2.05) is 53.4 Å². The predicted octanol–water partition coefficient (Wildman–Crippen LogP) is 4.55. The number of H-pyrrole nitrogens is 1. The molecule has 0 radical (unpaired) electrons. The molecular weight excluding hydrogens is 392 g/mol. The minimum absolute atomic E-state index is 0.115. The lowest BCUT2D eigenvalue weighted by molar-refractivity contribution is -0.137. The fourth-order valence-corrected chi connectivity index (χ4v) is 3.79. The number of likely N-dealkylation sites (tertiary alicyclic amines) is 1. The van der Waals surface area contributed by atoms with Crippen LogP contribution in [0.2, 0.25) is 0 Å². The molecule has 160 valence electrons.